The molecule has 0 amide bonds. The van der Waals surface area contributed by atoms with Gasteiger partial charge in [-0.1, -0.05) is 67.6 Å². The molecule has 0 saturated heterocycles. The molecule has 5 aromatic carbocycles. The van der Waals surface area contributed by atoms with Crippen molar-refractivity contribution in [2.45, 2.75) is 33.2 Å². The predicted octanol–water partition coefficient (Wildman–Crippen LogP) is 13.2. The molecule has 1 unspecified atom stereocenters. The number of allylic oxidation sites excluding steroid dienone is 1. The summed E-state index contributed by atoms with van der Waals surface area (Å²) in [6, 6.07) is 45.6. The standard InChI is InChI=1S/C56H48N4O5S/c1-5-51(58-4)40-18-19-41-31-43(55(62)64-52(41)33-40)16-8-37-10-21-46(22-11-37)60(48-25-14-39(15-26-48)30-45(35-57)54-29-28-50(36-61)66-54)47-23-12-38(13-24-47)9-17-44-32-42-20-27-49(59(6-2)7-3)34-53(42)65-56(44)63/h8-34,36,51,58H,5-7H2,1-4H3/b16-8+,17-9+,45-30+. The first kappa shape index (κ1) is 44.8. The number of anilines is 4. The summed E-state index contributed by atoms with van der Waals surface area (Å²) in [5, 5.41) is 14.9. The van der Waals surface area contributed by atoms with E-state index >= 15 is 0 Å². The first-order valence-corrected chi connectivity index (χ1v) is 22.7. The molecule has 0 aliphatic heterocycles. The molecule has 10 heteroatoms. The van der Waals surface area contributed by atoms with E-state index in [2.05, 4.69) is 54.1 Å². The van der Waals surface area contributed by atoms with Gasteiger partial charge in [0.15, 0.2) is 6.29 Å². The van der Waals surface area contributed by atoms with E-state index in [0.29, 0.717) is 32.7 Å². The number of carbonyl (C=O) groups is 1. The maximum absolute atomic E-state index is 13.1. The Morgan fingerprint density at radius 2 is 1.17 bits per heavy atom. The van der Waals surface area contributed by atoms with Crippen molar-refractivity contribution >= 4 is 98.3 Å². The quantitative estimate of drug-likeness (QED) is 0.0574. The lowest BCUT2D eigenvalue weighted by Crippen LogP contribution is -2.21. The van der Waals surface area contributed by atoms with Gasteiger partial charge in [-0.05, 0) is 147 Å². The Balaban J connectivity index is 1.07. The van der Waals surface area contributed by atoms with Gasteiger partial charge in [0.05, 0.1) is 21.6 Å². The Bertz CT molecular complexity index is 3110. The van der Waals surface area contributed by atoms with Gasteiger partial charge in [-0.2, -0.15) is 5.26 Å². The maximum Gasteiger partial charge on any atom is 0.343 e. The van der Waals surface area contributed by atoms with Crippen LogP contribution in [0.5, 0.6) is 0 Å². The lowest BCUT2D eigenvalue weighted by molar-refractivity contribution is 0.112. The third-order valence-corrected chi connectivity index (χ3v) is 12.7. The number of fused-ring (bicyclic) bond motifs is 2. The van der Waals surface area contributed by atoms with E-state index in [0.717, 1.165) is 86.4 Å². The number of aldehydes is 1. The summed E-state index contributed by atoms with van der Waals surface area (Å²) in [7, 11) is 1.92. The Morgan fingerprint density at radius 3 is 1.65 bits per heavy atom. The van der Waals surface area contributed by atoms with E-state index in [1.165, 1.54) is 11.3 Å². The fourth-order valence-corrected chi connectivity index (χ4v) is 8.78. The molecule has 9 nitrogen and oxygen atoms in total. The summed E-state index contributed by atoms with van der Waals surface area (Å²) in [6.45, 7) is 8.02. The molecule has 0 bridgehead atoms. The van der Waals surface area contributed by atoms with Gasteiger partial charge in [0.2, 0.25) is 0 Å². The molecule has 1 N–H and O–H groups in total. The largest absolute Gasteiger partial charge is 0.422 e. The van der Waals surface area contributed by atoms with Crippen molar-refractivity contribution in [3.8, 4) is 6.07 Å². The molecule has 0 radical (unpaired) electrons. The van der Waals surface area contributed by atoms with Gasteiger partial charge < -0.3 is 24.0 Å². The molecule has 0 saturated carbocycles. The topological polar surface area (TPSA) is 120 Å². The number of rotatable bonds is 16. The van der Waals surface area contributed by atoms with Crippen molar-refractivity contribution in [1.82, 2.24) is 5.32 Å². The summed E-state index contributed by atoms with van der Waals surface area (Å²) < 4.78 is 11.5. The normalized spacial score (nSPS) is 12.3. The number of carbonyl (C=O) groups excluding carboxylic acids is 1. The monoisotopic (exact) mass is 888 g/mol. The highest BCUT2D eigenvalue weighted by Gasteiger charge is 2.15. The highest BCUT2D eigenvalue weighted by atomic mass is 32.1. The Kier molecular flexibility index (Phi) is 13.8. The minimum absolute atomic E-state index is 0.176. The van der Waals surface area contributed by atoms with E-state index in [1.807, 2.05) is 134 Å². The number of benzene rings is 5. The minimum Gasteiger partial charge on any atom is -0.422 e. The predicted molar refractivity (Wildman–Crippen MR) is 273 cm³/mol. The Labute approximate surface area is 387 Å². The molecule has 0 aliphatic rings. The molecule has 0 aliphatic carbocycles. The van der Waals surface area contributed by atoms with E-state index in [9.17, 15) is 19.6 Å². The third kappa shape index (κ3) is 9.93. The van der Waals surface area contributed by atoms with E-state index in [1.54, 1.807) is 24.3 Å². The van der Waals surface area contributed by atoms with Crippen LogP contribution < -0.4 is 26.4 Å². The first-order valence-electron chi connectivity index (χ1n) is 21.9. The average Bonchev–Trinajstić information content (AvgIpc) is 3.83. The van der Waals surface area contributed by atoms with Crippen LogP contribution in [-0.4, -0.2) is 26.4 Å². The molecule has 0 fully saturated rings. The van der Waals surface area contributed by atoms with Crippen molar-refractivity contribution in [3.05, 3.63) is 197 Å². The van der Waals surface area contributed by atoms with Gasteiger partial charge in [0.1, 0.15) is 17.2 Å². The van der Waals surface area contributed by atoms with E-state index in [-0.39, 0.29) is 6.04 Å². The van der Waals surface area contributed by atoms with Gasteiger partial charge in [-0.15, -0.1) is 11.3 Å². The zero-order valence-electron chi connectivity index (χ0n) is 37.2. The summed E-state index contributed by atoms with van der Waals surface area (Å²) in [5.74, 6) is 0. The number of hydrogen-bond acceptors (Lipinski definition) is 10. The zero-order chi connectivity index (χ0) is 46.2. The second kappa shape index (κ2) is 20.3. The Hall–Kier alpha value is -7.84. The van der Waals surface area contributed by atoms with Crippen LogP contribution in [0, 0.1) is 11.3 Å². The molecule has 8 rings (SSSR count). The molecule has 328 valence electrons. The second-order valence-corrected chi connectivity index (χ2v) is 16.8. The van der Waals surface area contributed by atoms with Crippen LogP contribution in [0.3, 0.4) is 0 Å². The molecule has 8 aromatic rings. The van der Waals surface area contributed by atoms with E-state index in [4.69, 9.17) is 8.83 Å². The van der Waals surface area contributed by atoms with Gasteiger partial charge in [0, 0.05) is 63.6 Å². The van der Waals surface area contributed by atoms with Crippen LogP contribution in [0.25, 0.3) is 57.9 Å². The molecule has 3 heterocycles. The molecular weight excluding hydrogens is 841 g/mol. The van der Waals surface area contributed by atoms with Crippen LogP contribution >= 0.6 is 11.3 Å². The van der Waals surface area contributed by atoms with Crippen molar-refractivity contribution < 1.29 is 13.6 Å². The molecule has 1 atom stereocenters. The minimum atomic E-state index is -0.402. The lowest BCUT2D eigenvalue weighted by atomic mass is 10.0. The van der Waals surface area contributed by atoms with Crippen LogP contribution in [0.2, 0.25) is 0 Å². The number of nitrogens with zero attached hydrogens (tertiary/aromatic N) is 3. The fourth-order valence-electron chi connectivity index (χ4n) is 7.99. The first-order chi connectivity index (χ1) is 32.2. The van der Waals surface area contributed by atoms with Gasteiger partial charge in [0.25, 0.3) is 0 Å². The van der Waals surface area contributed by atoms with Crippen LogP contribution in [0.1, 0.15) is 81.2 Å². The summed E-state index contributed by atoms with van der Waals surface area (Å²) in [4.78, 5) is 43.1. The van der Waals surface area contributed by atoms with Gasteiger partial charge in [-0.25, -0.2) is 9.59 Å². The van der Waals surface area contributed by atoms with Crippen molar-refractivity contribution in [1.29, 1.82) is 5.26 Å². The highest BCUT2D eigenvalue weighted by molar-refractivity contribution is 7.14. The lowest BCUT2D eigenvalue weighted by Gasteiger charge is -2.26. The Morgan fingerprint density at radius 1 is 0.652 bits per heavy atom. The summed E-state index contributed by atoms with van der Waals surface area (Å²) >= 11 is 1.28. The molecular formula is C56H48N4O5S. The van der Waals surface area contributed by atoms with Crippen molar-refractivity contribution in [2.75, 3.05) is 29.9 Å². The number of hydrogen-bond donors (Lipinski definition) is 1. The van der Waals surface area contributed by atoms with Crippen LogP contribution in [0.15, 0.2) is 152 Å². The highest BCUT2D eigenvalue weighted by Crippen LogP contribution is 2.36. The zero-order valence-corrected chi connectivity index (χ0v) is 38.0. The summed E-state index contributed by atoms with van der Waals surface area (Å²) in [5.41, 5.74) is 9.08. The fraction of sp³-hybridized carbons (Fsp3) is 0.143. The number of nitrogens with one attached hydrogen (secondary N) is 1. The summed E-state index contributed by atoms with van der Waals surface area (Å²) in [6.07, 6.45) is 10.9. The second-order valence-electron chi connectivity index (χ2n) is 15.7. The SMILES string of the molecule is CCC(NC)c1ccc2cc(/C=C/c3ccc(N(c4ccc(/C=C/c5cc6ccc(N(CC)CC)cc6oc5=O)cc4)c4ccc(/C=C(\C#N)c5ccc(C=O)s5)cc4)cc3)c(=O)oc2c1. The van der Waals surface area contributed by atoms with Gasteiger partial charge in [-0.3, -0.25) is 4.79 Å². The molecule has 3 aromatic heterocycles. The number of nitriles is 1. The van der Waals surface area contributed by atoms with Crippen molar-refractivity contribution in [3.63, 3.8) is 0 Å². The van der Waals surface area contributed by atoms with Crippen molar-refractivity contribution in [2.24, 2.45) is 0 Å². The molecule has 0 spiro atoms. The average molecular weight is 889 g/mol. The van der Waals surface area contributed by atoms with Crippen LogP contribution in [-0.2, 0) is 0 Å². The maximum atomic E-state index is 13.1. The smallest absolute Gasteiger partial charge is 0.343 e. The third-order valence-electron chi connectivity index (χ3n) is 11.6. The van der Waals surface area contributed by atoms with Gasteiger partial charge >= 0.3 is 11.3 Å². The number of thiophene rings is 1. The molecule has 66 heavy (non-hydrogen) atoms. The van der Waals surface area contributed by atoms with E-state index < -0.39 is 11.3 Å². The van der Waals surface area contributed by atoms with Crippen LogP contribution in [0.4, 0.5) is 22.7 Å².